The number of ether oxygens (including phenoxy) is 2. The van der Waals surface area contributed by atoms with Gasteiger partial charge >= 0.3 is 0 Å². The zero-order valence-corrected chi connectivity index (χ0v) is 28.5. The summed E-state index contributed by atoms with van der Waals surface area (Å²) in [6, 6.07) is 65.1. The van der Waals surface area contributed by atoms with Crippen molar-refractivity contribution in [2.45, 2.75) is 5.41 Å². The maximum absolute atomic E-state index is 6.96. The lowest BCUT2D eigenvalue weighted by atomic mass is 9.62. The van der Waals surface area contributed by atoms with E-state index in [1.54, 1.807) is 0 Å². The Bertz CT molecular complexity index is 3030. The summed E-state index contributed by atoms with van der Waals surface area (Å²) in [5, 5.41) is 4.93. The van der Waals surface area contributed by atoms with E-state index in [1.807, 2.05) is 0 Å². The van der Waals surface area contributed by atoms with Crippen LogP contribution in [0.2, 0.25) is 0 Å². The van der Waals surface area contributed by atoms with E-state index in [-0.39, 0.29) is 0 Å². The third kappa shape index (κ3) is 3.74. The molecule has 0 aliphatic carbocycles. The van der Waals surface area contributed by atoms with Crippen LogP contribution in [0, 0.1) is 0 Å². The molecule has 0 saturated carbocycles. The minimum atomic E-state index is -0.720. The first-order valence-corrected chi connectivity index (χ1v) is 18.1. The van der Waals surface area contributed by atoms with Gasteiger partial charge in [0, 0.05) is 61.2 Å². The monoisotopic (exact) mass is 678 g/mol. The van der Waals surface area contributed by atoms with Crippen LogP contribution >= 0.6 is 0 Å². The molecule has 2 aromatic heterocycles. The minimum absolute atomic E-state index is 0.720. The van der Waals surface area contributed by atoms with Crippen molar-refractivity contribution in [3.05, 3.63) is 204 Å². The van der Waals surface area contributed by atoms with Gasteiger partial charge in [-0.15, -0.1) is 0 Å². The van der Waals surface area contributed by atoms with E-state index < -0.39 is 5.41 Å². The second kappa shape index (κ2) is 10.5. The van der Waals surface area contributed by atoms with Gasteiger partial charge in [-0.2, -0.15) is 0 Å². The fraction of sp³-hybridized carbons (Fsp3) is 0.0204. The summed E-state index contributed by atoms with van der Waals surface area (Å²) in [4.78, 5) is 0. The average molecular weight is 679 g/mol. The molecule has 0 radical (unpaired) electrons. The van der Waals surface area contributed by atoms with Gasteiger partial charge in [-0.1, -0.05) is 115 Å². The molecule has 1 unspecified atom stereocenters. The van der Waals surface area contributed by atoms with Crippen molar-refractivity contribution in [2.24, 2.45) is 0 Å². The molecular formula is C49H30N2O2. The molecule has 0 fully saturated rings. The Kier molecular flexibility index (Phi) is 5.67. The Hall–Kier alpha value is -7.04. The zero-order chi connectivity index (χ0) is 34.7. The molecule has 4 heterocycles. The number of para-hydroxylation sites is 6. The quantitative estimate of drug-likeness (QED) is 0.182. The van der Waals surface area contributed by atoms with Crippen LogP contribution < -0.4 is 9.47 Å². The third-order valence-electron chi connectivity index (χ3n) is 11.4. The van der Waals surface area contributed by atoms with Crippen molar-refractivity contribution in [1.29, 1.82) is 0 Å². The van der Waals surface area contributed by atoms with Crippen LogP contribution in [0.15, 0.2) is 182 Å². The van der Waals surface area contributed by atoms with E-state index in [2.05, 4.69) is 191 Å². The van der Waals surface area contributed by atoms with E-state index >= 15 is 0 Å². The lowest BCUT2D eigenvalue weighted by Gasteiger charge is -2.45. The molecule has 248 valence electrons. The van der Waals surface area contributed by atoms with E-state index in [1.165, 1.54) is 32.6 Å². The fourth-order valence-electron chi connectivity index (χ4n) is 9.32. The summed E-state index contributed by atoms with van der Waals surface area (Å²) in [6.45, 7) is 0. The first-order chi connectivity index (χ1) is 26.3. The van der Waals surface area contributed by atoms with Crippen molar-refractivity contribution < 1.29 is 9.47 Å². The van der Waals surface area contributed by atoms with Crippen LogP contribution in [-0.2, 0) is 5.41 Å². The highest BCUT2D eigenvalue weighted by atomic mass is 16.5. The molecule has 1 atom stereocenters. The maximum atomic E-state index is 6.96. The van der Waals surface area contributed by atoms with E-state index in [0.29, 0.717) is 0 Å². The number of hydrogen-bond acceptors (Lipinski definition) is 2. The number of aromatic nitrogens is 2. The summed E-state index contributed by atoms with van der Waals surface area (Å²) in [5.41, 5.74) is 10.4. The molecule has 1 spiro atoms. The van der Waals surface area contributed by atoms with Gasteiger partial charge in [-0.3, -0.25) is 0 Å². The summed E-state index contributed by atoms with van der Waals surface area (Å²) in [5.74, 6) is 3.35. The molecule has 12 rings (SSSR count). The lowest BCUT2D eigenvalue weighted by Crippen LogP contribution is -2.37. The molecule has 4 heteroatoms. The van der Waals surface area contributed by atoms with E-state index in [9.17, 15) is 0 Å². The molecule has 2 aliphatic heterocycles. The van der Waals surface area contributed by atoms with Crippen molar-refractivity contribution in [2.75, 3.05) is 0 Å². The van der Waals surface area contributed by atoms with E-state index in [4.69, 9.17) is 9.47 Å². The van der Waals surface area contributed by atoms with Gasteiger partial charge in [0.1, 0.15) is 23.0 Å². The van der Waals surface area contributed by atoms with Crippen LogP contribution in [-0.4, -0.2) is 9.13 Å². The van der Waals surface area contributed by atoms with Crippen molar-refractivity contribution in [3.8, 4) is 34.4 Å². The lowest BCUT2D eigenvalue weighted by molar-refractivity contribution is 0.399. The summed E-state index contributed by atoms with van der Waals surface area (Å²) < 4.78 is 18.5. The van der Waals surface area contributed by atoms with E-state index in [0.717, 1.165) is 67.7 Å². The molecule has 8 aromatic carbocycles. The molecular weight excluding hydrogens is 649 g/mol. The van der Waals surface area contributed by atoms with Gasteiger partial charge in [-0.25, -0.2) is 0 Å². The SMILES string of the molecule is c1ccc2c(c1)Oc1cc(-n3c4ccccc4c4ccccc43)ccc1C21c2ccccc2Oc2ccc(-n3c4ccccc4c4ccccc43)cc21. The number of nitrogens with zero attached hydrogens (tertiary/aromatic N) is 2. The predicted octanol–water partition coefficient (Wildman–Crippen LogP) is 12.5. The summed E-state index contributed by atoms with van der Waals surface area (Å²) in [7, 11) is 0. The number of hydrogen-bond donors (Lipinski definition) is 0. The van der Waals surface area contributed by atoms with Gasteiger partial charge in [0.05, 0.1) is 27.5 Å². The molecule has 53 heavy (non-hydrogen) atoms. The van der Waals surface area contributed by atoms with Gasteiger partial charge in [0.25, 0.3) is 0 Å². The molecule has 10 aromatic rings. The Morgan fingerprint density at radius 1 is 0.302 bits per heavy atom. The number of benzene rings is 8. The highest BCUT2D eigenvalue weighted by Gasteiger charge is 2.50. The molecule has 0 bridgehead atoms. The van der Waals surface area contributed by atoms with Crippen LogP contribution in [0.25, 0.3) is 55.0 Å². The second-order valence-electron chi connectivity index (χ2n) is 14.0. The second-order valence-corrected chi connectivity index (χ2v) is 14.0. The number of rotatable bonds is 2. The highest BCUT2D eigenvalue weighted by Crippen LogP contribution is 2.62. The Morgan fingerprint density at radius 2 is 0.679 bits per heavy atom. The van der Waals surface area contributed by atoms with Gasteiger partial charge in [0.2, 0.25) is 0 Å². The maximum Gasteiger partial charge on any atom is 0.134 e. The molecule has 4 nitrogen and oxygen atoms in total. The standard InChI is InChI=1S/C49H30N2O2/c1-7-19-41-33(13-1)34-14-2-8-20-42(34)50(41)31-26-28-47-40(29-31)49(37-17-5-11-23-45(37)52-47)38-18-6-12-24-46(38)53-48-30-32(25-27-39(48)49)51-43-21-9-3-15-35(43)36-16-4-10-22-44(36)51/h1-30H. The fourth-order valence-corrected chi connectivity index (χ4v) is 9.32. The third-order valence-corrected chi connectivity index (χ3v) is 11.4. The Balaban J connectivity index is 1.17. The smallest absolute Gasteiger partial charge is 0.134 e. The van der Waals surface area contributed by atoms with Crippen molar-refractivity contribution in [3.63, 3.8) is 0 Å². The molecule has 0 amide bonds. The van der Waals surface area contributed by atoms with Crippen molar-refractivity contribution >= 4 is 43.6 Å². The Morgan fingerprint density at radius 3 is 1.21 bits per heavy atom. The molecule has 0 saturated heterocycles. The van der Waals surface area contributed by atoms with Crippen LogP contribution in [0.3, 0.4) is 0 Å². The highest BCUT2D eigenvalue weighted by molar-refractivity contribution is 6.10. The van der Waals surface area contributed by atoms with Gasteiger partial charge < -0.3 is 18.6 Å². The average Bonchev–Trinajstić information content (AvgIpc) is 3.74. The first-order valence-electron chi connectivity index (χ1n) is 18.1. The predicted molar refractivity (Wildman–Crippen MR) is 214 cm³/mol. The van der Waals surface area contributed by atoms with Crippen LogP contribution in [0.4, 0.5) is 0 Å². The minimum Gasteiger partial charge on any atom is -0.457 e. The summed E-state index contributed by atoms with van der Waals surface area (Å²) >= 11 is 0. The molecule has 2 aliphatic rings. The topological polar surface area (TPSA) is 28.3 Å². The number of fused-ring (bicyclic) bond motifs is 14. The summed E-state index contributed by atoms with van der Waals surface area (Å²) in [6.07, 6.45) is 0. The van der Waals surface area contributed by atoms with Gasteiger partial charge in [0.15, 0.2) is 0 Å². The largest absolute Gasteiger partial charge is 0.457 e. The van der Waals surface area contributed by atoms with Gasteiger partial charge in [-0.05, 0) is 60.7 Å². The van der Waals surface area contributed by atoms with Crippen molar-refractivity contribution in [1.82, 2.24) is 9.13 Å². The zero-order valence-electron chi connectivity index (χ0n) is 28.5. The van der Waals surface area contributed by atoms with Crippen LogP contribution in [0.5, 0.6) is 23.0 Å². The van der Waals surface area contributed by atoms with Crippen LogP contribution in [0.1, 0.15) is 22.3 Å². The normalized spacial score (nSPS) is 15.5. The first kappa shape index (κ1) is 28.6. The molecule has 0 N–H and O–H groups in total. The Labute approximate surface area is 305 Å².